The predicted molar refractivity (Wildman–Crippen MR) is 328 cm³/mol. The molecule has 0 heterocycles. The van der Waals surface area contributed by atoms with E-state index in [9.17, 15) is 19.5 Å². The second-order valence-corrected chi connectivity index (χ2v) is 24.4. The molecule has 0 aromatic heterocycles. The maximum atomic E-state index is 12.8. The second kappa shape index (κ2) is 62.2. The highest BCUT2D eigenvalue weighted by atomic mass is 32.3. The highest BCUT2D eigenvalue weighted by Crippen LogP contribution is 2.18. The summed E-state index contributed by atoms with van der Waals surface area (Å²) in [5.74, 6) is -0.398. The van der Waals surface area contributed by atoms with Gasteiger partial charge in [0.2, 0.25) is 10.4 Å². The van der Waals surface area contributed by atoms with Crippen LogP contribution in [0, 0.1) is 0 Å². The first-order valence-corrected chi connectivity index (χ1v) is 35.0. The third-order valence-electron chi connectivity index (χ3n) is 15.8. The van der Waals surface area contributed by atoms with E-state index in [1.807, 2.05) is 0 Å². The summed E-state index contributed by atoms with van der Waals surface area (Å²) in [6, 6.07) is 0. The van der Waals surface area contributed by atoms with Crippen molar-refractivity contribution in [1.82, 2.24) is 4.90 Å². The number of carbonyl (C=O) groups is 3. The molecule has 0 saturated carbocycles. The van der Waals surface area contributed by atoms with Gasteiger partial charge >= 0.3 is 17.9 Å². The molecule has 14 heteroatoms. The van der Waals surface area contributed by atoms with Crippen molar-refractivity contribution in [2.75, 3.05) is 72.7 Å². The minimum Gasteiger partial charge on any atom is -0.726 e. The summed E-state index contributed by atoms with van der Waals surface area (Å²) >= 11 is 0. The number of esters is 3. The van der Waals surface area contributed by atoms with Crippen molar-refractivity contribution in [3.05, 3.63) is 0 Å². The average molecular weight is 1150 g/mol. The summed E-state index contributed by atoms with van der Waals surface area (Å²) in [5.41, 5.74) is 0. The summed E-state index contributed by atoms with van der Waals surface area (Å²) in [6.45, 7) is 11.4. The van der Waals surface area contributed by atoms with Crippen LogP contribution in [-0.2, 0) is 39.0 Å². The summed E-state index contributed by atoms with van der Waals surface area (Å²) in [6.07, 6.45) is 59.8. The molecule has 0 spiro atoms. The Morgan fingerprint density at radius 2 is 0.582 bits per heavy atom. The van der Waals surface area contributed by atoms with Gasteiger partial charge in [0.25, 0.3) is 0 Å². The van der Waals surface area contributed by atoms with E-state index in [2.05, 4.69) is 32.7 Å². The van der Waals surface area contributed by atoms with Gasteiger partial charge < -0.3 is 28.4 Å². The number of nitrogens with zero attached hydrogens (tertiary/aromatic N) is 2. The SMILES string of the molecule is CCCCCCCCCCCCCCCCCC(=O)OCCN(CCO)CC[N+](C)(CCOC(=O)CCCCCCCCCCCCCCCCC)CCOC(=O)CCCCCCCCCCCCCCCCC.O=S(=O)([O-])O. The molecule has 472 valence electrons. The Labute approximate surface area is 488 Å². The molecule has 13 nitrogen and oxygen atoms in total. The third-order valence-corrected chi connectivity index (χ3v) is 15.8. The van der Waals surface area contributed by atoms with Crippen molar-refractivity contribution < 1.29 is 55.7 Å². The van der Waals surface area contributed by atoms with Gasteiger partial charge in [-0.05, 0) is 19.3 Å². The fraction of sp³-hybridized carbons (Fsp3) is 0.954. The monoisotopic (exact) mass is 1150 g/mol. The first-order chi connectivity index (χ1) is 38.3. The first kappa shape index (κ1) is 79.2. The topological polar surface area (TPSA) is 180 Å². The molecule has 0 radical (unpaired) electrons. The predicted octanol–water partition coefficient (Wildman–Crippen LogP) is 17.1. The zero-order chi connectivity index (χ0) is 58.4. The zero-order valence-electron chi connectivity index (χ0n) is 52.4. The lowest BCUT2D eigenvalue weighted by Gasteiger charge is -2.36. The largest absolute Gasteiger partial charge is 0.726 e. The summed E-state index contributed by atoms with van der Waals surface area (Å²) < 4.78 is 50.6. The number of likely N-dealkylation sites (N-methyl/N-ethyl adjacent to an activating group) is 1. The number of aliphatic hydroxyl groups excluding tert-OH is 1. The molecular weight excluding hydrogens is 1020 g/mol. The molecule has 79 heavy (non-hydrogen) atoms. The van der Waals surface area contributed by atoms with E-state index in [1.54, 1.807) is 0 Å². The molecule has 0 rings (SSSR count). The minimum atomic E-state index is -4.92. The Morgan fingerprint density at radius 1 is 0.367 bits per heavy atom. The number of rotatable bonds is 62. The molecule has 0 aromatic carbocycles. The molecule has 0 aliphatic heterocycles. The van der Waals surface area contributed by atoms with Crippen LogP contribution in [0.15, 0.2) is 0 Å². The maximum absolute atomic E-state index is 12.8. The zero-order valence-corrected chi connectivity index (χ0v) is 53.2. The normalized spacial score (nSPS) is 11.7. The Morgan fingerprint density at radius 3 is 0.810 bits per heavy atom. The summed E-state index contributed by atoms with van der Waals surface area (Å²) in [4.78, 5) is 40.3. The third kappa shape index (κ3) is 68.6. The fourth-order valence-corrected chi connectivity index (χ4v) is 10.4. The van der Waals surface area contributed by atoms with Gasteiger partial charge in [-0.1, -0.05) is 290 Å². The summed E-state index contributed by atoms with van der Waals surface area (Å²) in [7, 11) is -2.78. The Bertz CT molecular complexity index is 1340. The molecule has 0 fully saturated rings. The molecule has 0 bridgehead atoms. The Hall–Kier alpha value is -1.84. The molecule has 2 N–H and O–H groups in total. The molecule has 0 aliphatic rings. The van der Waals surface area contributed by atoms with Gasteiger partial charge in [-0.2, -0.15) is 0 Å². The van der Waals surface area contributed by atoms with E-state index in [0.29, 0.717) is 76.3 Å². The molecule has 0 atom stereocenters. The number of aliphatic hydroxyl groups is 1. The van der Waals surface area contributed by atoms with Crippen LogP contribution in [0.5, 0.6) is 0 Å². The molecule has 0 saturated heterocycles. The van der Waals surface area contributed by atoms with Crippen molar-refractivity contribution in [2.45, 2.75) is 329 Å². The van der Waals surface area contributed by atoms with Crippen LogP contribution in [0.1, 0.15) is 329 Å². The number of ether oxygens (including phenoxy) is 3. The maximum Gasteiger partial charge on any atom is 0.305 e. The lowest BCUT2D eigenvalue weighted by Crippen LogP contribution is -2.53. The number of hydrogen-bond acceptors (Lipinski definition) is 11. The van der Waals surface area contributed by atoms with Gasteiger partial charge in [0, 0.05) is 38.9 Å². The average Bonchev–Trinajstić information content (AvgIpc) is 3.40. The summed E-state index contributed by atoms with van der Waals surface area (Å²) in [5, 5.41) is 9.92. The highest BCUT2D eigenvalue weighted by molar-refractivity contribution is 7.79. The van der Waals surface area contributed by atoms with E-state index in [1.165, 1.54) is 250 Å². The van der Waals surface area contributed by atoms with Crippen molar-refractivity contribution in [1.29, 1.82) is 0 Å². The van der Waals surface area contributed by atoms with Crippen LogP contribution in [-0.4, -0.2) is 123 Å². The van der Waals surface area contributed by atoms with Gasteiger partial charge in [0.1, 0.15) is 32.9 Å². The van der Waals surface area contributed by atoms with Crippen LogP contribution < -0.4 is 0 Å². The quantitative estimate of drug-likeness (QED) is 0.0147. The van der Waals surface area contributed by atoms with E-state index in [0.717, 1.165) is 45.1 Å². The number of quaternary nitrogens is 1. The Kier molecular flexibility index (Phi) is 62.4. The van der Waals surface area contributed by atoms with Gasteiger partial charge in [0.15, 0.2) is 0 Å². The number of hydrogen-bond donors (Lipinski definition) is 2. The molecular formula is C65H130N2O11S. The van der Waals surface area contributed by atoms with Crippen molar-refractivity contribution >= 4 is 28.3 Å². The van der Waals surface area contributed by atoms with Crippen molar-refractivity contribution in [3.63, 3.8) is 0 Å². The number of carbonyl (C=O) groups excluding carboxylic acids is 3. The molecule has 0 unspecified atom stereocenters. The lowest BCUT2D eigenvalue weighted by molar-refractivity contribution is -0.909. The smallest absolute Gasteiger partial charge is 0.305 e. The molecule has 0 aromatic rings. The van der Waals surface area contributed by atoms with E-state index in [-0.39, 0.29) is 24.5 Å². The van der Waals surface area contributed by atoms with E-state index >= 15 is 0 Å². The van der Waals surface area contributed by atoms with Crippen LogP contribution >= 0.6 is 0 Å². The fourth-order valence-electron chi connectivity index (χ4n) is 10.4. The van der Waals surface area contributed by atoms with Crippen LogP contribution in [0.25, 0.3) is 0 Å². The van der Waals surface area contributed by atoms with E-state index in [4.69, 9.17) is 31.7 Å². The van der Waals surface area contributed by atoms with Gasteiger partial charge in [-0.25, -0.2) is 8.42 Å². The van der Waals surface area contributed by atoms with Gasteiger partial charge in [-0.15, -0.1) is 0 Å². The van der Waals surface area contributed by atoms with Crippen LogP contribution in [0.2, 0.25) is 0 Å². The second-order valence-electron chi connectivity index (χ2n) is 23.5. The van der Waals surface area contributed by atoms with Crippen LogP contribution in [0.4, 0.5) is 0 Å². The first-order valence-electron chi connectivity index (χ1n) is 33.6. The minimum absolute atomic E-state index is 0.0185. The van der Waals surface area contributed by atoms with E-state index < -0.39 is 10.4 Å². The van der Waals surface area contributed by atoms with Gasteiger partial charge in [-0.3, -0.25) is 23.8 Å². The Balaban J connectivity index is 0. The lowest BCUT2D eigenvalue weighted by atomic mass is 10.0. The van der Waals surface area contributed by atoms with Crippen molar-refractivity contribution in [3.8, 4) is 0 Å². The molecule has 0 amide bonds. The van der Waals surface area contributed by atoms with Crippen molar-refractivity contribution in [2.24, 2.45) is 0 Å². The highest BCUT2D eigenvalue weighted by Gasteiger charge is 2.24. The number of unbranched alkanes of at least 4 members (excludes halogenated alkanes) is 42. The standard InChI is InChI=1S/C65H129N2O7.H2O4S/c1-5-8-11-14-17-20-23-26-29-32-35-38-41-44-47-50-63(69)72-60-55-66(54-59-68)53-56-67(4,57-61-73-64(70)51-48-45-42-39-36-33-30-27-24-21-18-15-12-9-6-2)58-62-74-65(71)52-49-46-43-40-37-34-31-28-25-22-19-16-13-10-7-3;1-5(2,3)4/h68H,5-62H2,1-4H3;(H2,1,2,3,4)/q+1;/p-1. The molecule has 0 aliphatic carbocycles. The van der Waals surface area contributed by atoms with Gasteiger partial charge in [0.05, 0.1) is 20.2 Å². The van der Waals surface area contributed by atoms with Crippen LogP contribution in [0.3, 0.4) is 0 Å².